The minimum absolute atomic E-state index is 0.0170. The summed E-state index contributed by atoms with van der Waals surface area (Å²) in [6.45, 7) is 1.57. The number of carbonyl (C=O) groups is 1. The second-order valence-electron chi connectivity index (χ2n) is 4.57. The number of benzene rings is 1. The molecule has 0 spiro atoms. The Bertz CT molecular complexity index is 599. The normalized spacial score (nSPS) is 19.9. The lowest BCUT2D eigenvalue weighted by Gasteiger charge is -2.20. The highest BCUT2D eigenvalue weighted by molar-refractivity contribution is 5.80. The molecule has 2 unspecified atom stereocenters. The Hall–Kier alpha value is -2.18. The predicted octanol–water partition coefficient (Wildman–Crippen LogP) is 2.56. The van der Waals surface area contributed by atoms with Crippen LogP contribution in [0, 0.1) is 11.6 Å². The highest BCUT2D eigenvalue weighted by atomic mass is 19.1. The molecule has 1 N–H and O–H groups in total. The largest absolute Gasteiger partial charge is 0.374 e. The third kappa shape index (κ3) is 2.43. The standard InChI is InChI=1S/C12H12F2N4O2/c1-6(19)18-5-7(4-10(18)20)8-2-3-9(13)12(11(8)14)16-17-15/h2-3,6-7,19H,4-5H2,1H3. The molecule has 1 aliphatic heterocycles. The van der Waals surface area contributed by atoms with Gasteiger partial charge < -0.3 is 10.0 Å². The van der Waals surface area contributed by atoms with Crippen LogP contribution in [0.5, 0.6) is 0 Å². The maximum absolute atomic E-state index is 14.1. The van der Waals surface area contributed by atoms with Gasteiger partial charge in [0.15, 0.2) is 0 Å². The smallest absolute Gasteiger partial charge is 0.225 e. The number of azide groups is 1. The molecule has 0 saturated carbocycles. The molecule has 1 aromatic rings. The summed E-state index contributed by atoms with van der Waals surface area (Å²) in [5.74, 6) is -2.74. The molecule has 6 nitrogen and oxygen atoms in total. The van der Waals surface area contributed by atoms with Crippen LogP contribution in [0.1, 0.15) is 24.8 Å². The van der Waals surface area contributed by atoms with E-state index in [0.29, 0.717) is 0 Å². The molecular formula is C12H12F2N4O2. The van der Waals surface area contributed by atoms with Gasteiger partial charge in [-0.2, -0.15) is 0 Å². The third-order valence-electron chi connectivity index (χ3n) is 3.29. The molecule has 1 aromatic carbocycles. The summed E-state index contributed by atoms with van der Waals surface area (Å²) in [5, 5.41) is 12.4. The Morgan fingerprint density at radius 1 is 1.55 bits per heavy atom. The van der Waals surface area contributed by atoms with Gasteiger partial charge in [0, 0.05) is 23.8 Å². The van der Waals surface area contributed by atoms with Crippen LogP contribution in [0.15, 0.2) is 17.2 Å². The highest BCUT2D eigenvalue weighted by Gasteiger charge is 2.34. The zero-order chi connectivity index (χ0) is 14.9. The Morgan fingerprint density at radius 3 is 2.80 bits per heavy atom. The van der Waals surface area contributed by atoms with Gasteiger partial charge in [-0.25, -0.2) is 8.78 Å². The van der Waals surface area contributed by atoms with E-state index in [1.807, 2.05) is 0 Å². The van der Waals surface area contributed by atoms with Crippen molar-refractivity contribution in [2.24, 2.45) is 5.11 Å². The number of hydrogen-bond donors (Lipinski definition) is 1. The number of carbonyl (C=O) groups excluding carboxylic acids is 1. The minimum atomic E-state index is -0.965. The van der Waals surface area contributed by atoms with Crippen LogP contribution >= 0.6 is 0 Å². The van der Waals surface area contributed by atoms with Crippen LogP contribution in [0.3, 0.4) is 0 Å². The average molecular weight is 282 g/mol. The predicted molar refractivity (Wildman–Crippen MR) is 65.9 cm³/mol. The van der Waals surface area contributed by atoms with Crippen LogP contribution in [0.25, 0.3) is 10.4 Å². The van der Waals surface area contributed by atoms with Crippen molar-refractivity contribution in [2.75, 3.05) is 6.54 Å². The summed E-state index contributed by atoms with van der Waals surface area (Å²) in [7, 11) is 0. The number of aliphatic hydroxyl groups excluding tert-OH is 1. The van der Waals surface area contributed by atoms with Crippen LogP contribution in [0.4, 0.5) is 14.5 Å². The van der Waals surface area contributed by atoms with Gasteiger partial charge in [0.05, 0.1) is 0 Å². The first-order chi connectivity index (χ1) is 9.45. The first-order valence-electron chi connectivity index (χ1n) is 5.96. The monoisotopic (exact) mass is 282 g/mol. The number of rotatable bonds is 3. The van der Waals surface area contributed by atoms with E-state index in [9.17, 15) is 18.7 Å². The Morgan fingerprint density at radius 2 is 2.25 bits per heavy atom. The van der Waals surface area contributed by atoms with Gasteiger partial charge in [-0.05, 0) is 24.1 Å². The molecule has 0 radical (unpaired) electrons. The summed E-state index contributed by atoms with van der Waals surface area (Å²) in [6, 6.07) is 2.22. The van der Waals surface area contributed by atoms with E-state index in [4.69, 9.17) is 5.53 Å². The number of likely N-dealkylation sites (tertiary alicyclic amines) is 1. The van der Waals surface area contributed by atoms with Crippen molar-refractivity contribution < 1.29 is 18.7 Å². The number of nitrogens with zero attached hydrogens (tertiary/aromatic N) is 4. The molecule has 106 valence electrons. The van der Waals surface area contributed by atoms with Gasteiger partial charge >= 0.3 is 0 Å². The minimum Gasteiger partial charge on any atom is -0.374 e. The van der Waals surface area contributed by atoms with Gasteiger partial charge in [0.2, 0.25) is 5.91 Å². The molecule has 8 heteroatoms. The van der Waals surface area contributed by atoms with E-state index in [-0.39, 0.29) is 24.4 Å². The second-order valence-corrected chi connectivity index (χ2v) is 4.57. The van der Waals surface area contributed by atoms with Crippen LogP contribution in [-0.2, 0) is 4.79 Å². The van der Waals surface area contributed by atoms with Gasteiger partial charge in [0.25, 0.3) is 0 Å². The zero-order valence-electron chi connectivity index (χ0n) is 10.6. The Kier molecular flexibility index (Phi) is 3.87. The summed E-state index contributed by atoms with van der Waals surface area (Å²) >= 11 is 0. The fraction of sp³-hybridized carbons (Fsp3) is 0.417. The fourth-order valence-electron chi connectivity index (χ4n) is 2.31. The van der Waals surface area contributed by atoms with Gasteiger partial charge in [-0.15, -0.1) is 0 Å². The van der Waals surface area contributed by atoms with Crippen LogP contribution in [-0.4, -0.2) is 28.7 Å². The Balaban J connectivity index is 2.38. The van der Waals surface area contributed by atoms with E-state index >= 15 is 0 Å². The van der Waals surface area contributed by atoms with E-state index in [0.717, 1.165) is 6.07 Å². The maximum atomic E-state index is 14.1. The van der Waals surface area contributed by atoms with Gasteiger partial charge in [-0.3, -0.25) is 4.79 Å². The average Bonchev–Trinajstić information content (AvgIpc) is 2.76. The van der Waals surface area contributed by atoms with E-state index in [1.165, 1.54) is 17.9 Å². The lowest BCUT2D eigenvalue weighted by atomic mass is 9.97. The summed E-state index contributed by atoms with van der Waals surface area (Å²) in [4.78, 5) is 15.3. The quantitative estimate of drug-likeness (QED) is 0.524. The second kappa shape index (κ2) is 5.44. The zero-order valence-corrected chi connectivity index (χ0v) is 10.6. The van der Waals surface area contributed by atoms with Crippen molar-refractivity contribution in [1.82, 2.24) is 4.90 Å². The van der Waals surface area contributed by atoms with Gasteiger partial charge in [0.1, 0.15) is 23.5 Å². The number of amides is 1. The molecule has 1 saturated heterocycles. The molecule has 0 bridgehead atoms. The van der Waals surface area contributed by atoms with E-state index < -0.39 is 29.5 Å². The van der Waals surface area contributed by atoms with Crippen molar-refractivity contribution in [3.8, 4) is 0 Å². The topological polar surface area (TPSA) is 89.3 Å². The van der Waals surface area contributed by atoms with Crippen molar-refractivity contribution in [2.45, 2.75) is 25.5 Å². The first-order valence-corrected chi connectivity index (χ1v) is 5.96. The van der Waals surface area contributed by atoms with E-state index in [1.54, 1.807) is 0 Å². The number of halogens is 2. The molecule has 0 aromatic heterocycles. The highest BCUT2D eigenvalue weighted by Crippen LogP contribution is 2.35. The molecule has 1 aliphatic rings. The third-order valence-corrected chi connectivity index (χ3v) is 3.29. The van der Waals surface area contributed by atoms with Crippen LogP contribution in [0.2, 0.25) is 0 Å². The summed E-state index contributed by atoms with van der Waals surface area (Å²) in [6.07, 6.45) is -0.948. The molecule has 1 fully saturated rings. The first kappa shape index (κ1) is 14.2. The number of hydrogen-bond acceptors (Lipinski definition) is 3. The van der Waals surface area contributed by atoms with Gasteiger partial charge in [-0.1, -0.05) is 11.2 Å². The molecule has 2 rings (SSSR count). The summed E-state index contributed by atoms with van der Waals surface area (Å²) in [5.41, 5.74) is 7.71. The van der Waals surface area contributed by atoms with Crippen molar-refractivity contribution >= 4 is 11.6 Å². The lowest BCUT2D eigenvalue weighted by Crippen LogP contribution is -2.33. The summed E-state index contributed by atoms with van der Waals surface area (Å²) < 4.78 is 27.5. The molecule has 0 aliphatic carbocycles. The maximum Gasteiger partial charge on any atom is 0.225 e. The van der Waals surface area contributed by atoms with Crippen molar-refractivity contribution in [1.29, 1.82) is 0 Å². The SMILES string of the molecule is CC(O)N1CC(c2ccc(F)c(N=[N+]=[N-])c2F)CC1=O. The lowest BCUT2D eigenvalue weighted by molar-refractivity contribution is -0.135. The molecule has 20 heavy (non-hydrogen) atoms. The molecule has 2 atom stereocenters. The van der Waals surface area contributed by atoms with Crippen LogP contribution < -0.4 is 0 Å². The van der Waals surface area contributed by atoms with Crippen molar-refractivity contribution in [3.05, 3.63) is 39.8 Å². The fourth-order valence-corrected chi connectivity index (χ4v) is 2.31. The van der Waals surface area contributed by atoms with E-state index in [2.05, 4.69) is 10.0 Å². The Labute approximate surface area is 113 Å². The molecular weight excluding hydrogens is 270 g/mol. The van der Waals surface area contributed by atoms with Crippen molar-refractivity contribution in [3.63, 3.8) is 0 Å². The molecule has 1 amide bonds. The number of aliphatic hydroxyl groups is 1. The molecule has 1 heterocycles.